The minimum atomic E-state index is -0.0239. The Morgan fingerprint density at radius 3 is 2.79 bits per heavy atom. The van der Waals surface area contributed by atoms with Crippen LogP contribution in [0.1, 0.15) is 26.2 Å². The zero-order valence-corrected chi connectivity index (χ0v) is 11.5. The number of aromatic nitrogens is 1. The second-order valence-corrected chi connectivity index (χ2v) is 4.82. The maximum atomic E-state index is 11.6. The summed E-state index contributed by atoms with van der Waals surface area (Å²) in [6.07, 6.45) is 5.23. The highest BCUT2D eigenvalue weighted by Gasteiger charge is 2.13. The van der Waals surface area contributed by atoms with E-state index in [1.165, 1.54) is 12.8 Å². The highest BCUT2D eigenvalue weighted by Crippen LogP contribution is 2.18. The Bertz CT molecular complexity index is 398. The normalized spacial score (nSPS) is 14.7. The number of hydrogen-bond donors (Lipinski definition) is 2. The Labute approximate surface area is 114 Å². The molecule has 0 bridgehead atoms. The monoisotopic (exact) mass is 262 g/mol. The molecule has 1 amide bonds. The second kappa shape index (κ2) is 7.09. The van der Waals surface area contributed by atoms with Crippen LogP contribution < -0.4 is 15.5 Å². The van der Waals surface area contributed by atoms with Crippen LogP contribution >= 0.6 is 0 Å². The molecule has 0 unspecified atom stereocenters. The Morgan fingerprint density at radius 1 is 1.37 bits per heavy atom. The van der Waals surface area contributed by atoms with E-state index < -0.39 is 0 Å². The fourth-order valence-corrected chi connectivity index (χ4v) is 2.18. The first kappa shape index (κ1) is 13.8. The number of carbonyl (C=O) groups is 1. The van der Waals surface area contributed by atoms with Gasteiger partial charge in [0, 0.05) is 13.1 Å². The number of rotatable bonds is 6. The van der Waals surface area contributed by atoms with E-state index in [1.807, 2.05) is 12.1 Å². The third-order valence-electron chi connectivity index (χ3n) is 3.17. The average Bonchev–Trinajstić information content (AvgIpc) is 2.94. The van der Waals surface area contributed by atoms with Crippen molar-refractivity contribution in [2.24, 2.45) is 0 Å². The number of carbonyl (C=O) groups excluding carboxylic acids is 1. The molecule has 5 heteroatoms. The topological polar surface area (TPSA) is 57.3 Å². The first-order chi connectivity index (χ1) is 9.29. The molecule has 0 radical (unpaired) electrons. The van der Waals surface area contributed by atoms with Crippen molar-refractivity contribution in [3.05, 3.63) is 18.3 Å². The lowest BCUT2D eigenvalue weighted by molar-refractivity contribution is -0.115. The molecule has 2 rings (SSSR count). The summed E-state index contributed by atoms with van der Waals surface area (Å²) in [7, 11) is 0. The van der Waals surface area contributed by atoms with Gasteiger partial charge in [0.2, 0.25) is 5.91 Å². The van der Waals surface area contributed by atoms with E-state index >= 15 is 0 Å². The fraction of sp³-hybridized carbons (Fsp3) is 0.571. The van der Waals surface area contributed by atoms with Crippen LogP contribution in [-0.4, -0.2) is 37.1 Å². The molecule has 0 spiro atoms. The van der Waals surface area contributed by atoms with E-state index in [1.54, 1.807) is 6.20 Å². The summed E-state index contributed by atoms with van der Waals surface area (Å²) >= 11 is 0. The van der Waals surface area contributed by atoms with Gasteiger partial charge in [0.05, 0.1) is 18.4 Å². The van der Waals surface area contributed by atoms with E-state index in [2.05, 4.69) is 27.4 Å². The van der Waals surface area contributed by atoms with Gasteiger partial charge in [0.15, 0.2) is 0 Å². The van der Waals surface area contributed by atoms with Gasteiger partial charge in [-0.1, -0.05) is 6.92 Å². The van der Waals surface area contributed by atoms with Crippen LogP contribution in [0, 0.1) is 0 Å². The third-order valence-corrected chi connectivity index (χ3v) is 3.17. The highest BCUT2D eigenvalue weighted by atomic mass is 16.1. The summed E-state index contributed by atoms with van der Waals surface area (Å²) in [5, 5.41) is 5.91. The van der Waals surface area contributed by atoms with Crippen LogP contribution in [0.2, 0.25) is 0 Å². The van der Waals surface area contributed by atoms with Gasteiger partial charge >= 0.3 is 0 Å². The van der Waals surface area contributed by atoms with Crippen molar-refractivity contribution in [2.45, 2.75) is 26.2 Å². The van der Waals surface area contributed by atoms with Gasteiger partial charge in [0.25, 0.3) is 0 Å². The molecule has 19 heavy (non-hydrogen) atoms. The Balaban J connectivity index is 1.82. The van der Waals surface area contributed by atoms with Crippen LogP contribution in [0.25, 0.3) is 0 Å². The van der Waals surface area contributed by atoms with Crippen LogP contribution in [0.5, 0.6) is 0 Å². The molecule has 5 nitrogen and oxygen atoms in total. The molecule has 0 saturated carbocycles. The third kappa shape index (κ3) is 4.21. The molecule has 1 saturated heterocycles. The SMILES string of the molecule is CCCNCC(=O)Nc1ccc(N2CCCC2)nc1. The minimum absolute atomic E-state index is 0.0239. The largest absolute Gasteiger partial charge is 0.357 e. The van der Waals surface area contributed by atoms with E-state index in [-0.39, 0.29) is 5.91 Å². The molecule has 0 aliphatic carbocycles. The fourth-order valence-electron chi connectivity index (χ4n) is 2.18. The van der Waals surface area contributed by atoms with Crippen molar-refractivity contribution in [1.29, 1.82) is 0 Å². The summed E-state index contributed by atoms with van der Waals surface area (Å²) in [6, 6.07) is 3.89. The number of pyridine rings is 1. The highest BCUT2D eigenvalue weighted by molar-refractivity contribution is 5.92. The zero-order valence-electron chi connectivity index (χ0n) is 11.5. The van der Waals surface area contributed by atoms with E-state index in [0.717, 1.165) is 37.6 Å². The van der Waals surface area contributed by atoms with Crippen molar-refractivity contribution >= 4 is 17.4 Å². The molecule has 1 aromatic heterocycles. The van der Waals surface area contributed by atoms with Crippen molar-refractivity contribution in [3.63, 3.8) is 0 Å². The van der Waals surface area contributed by atoms with Gasteiger partial charge in [-0.3, -0.25) is 4.79 Å². The summed E-state index contributed by atoms with van der Waals surface area (Å²) in [4.78, 5) is 18.3. The molecular weight excluding hydrogens is 240 g/mol. The van der Waals surface area contributed by atoms with Crippen molar-refractivity contribution in [2.75, 3.05) is 36.4 Å². The standard InChI is InChI=1S/C14H22N4O/c1-2-7-15-11-14(19)17-12-5-6-13(16-10-12)18-8-3-4-9-18/h5-6,10,15H,2-4,7-9,11H2,1H3,(H,17,19). The average molecular weight is 262 g/mol. The first-order valence-electron chi connectivity index (χ1n) is 7.01. The molecular formula is C14H22N4O. The van der Waals surface area contributed by atoms with Gasteiger partial charge in [-0.05, 0) is 37.9 Å². The van der Waals surface area contributed by atoms with Crippen molar-refractivity contribution < 1.29 is 4.79 Å². The summed E-state index contributed by atoms with van der Waals surface area (Å²) < 4.78 is 0. The molecule has 104 valence electrons. The zero-order chi connectivity index (χ0) is 13.5. The lowest BCUT2D eigenvalue weighted by Crippen LogP contribution is -2.28. The van der Waals surface area contributed by atoms with Gasteiger partial charge < -0.3 is 15.5 Å². The second-order valence-electron chi connectivity index (χ2n) is 4.82. The molecule has 1 fully saturated rings. The van der Waals surface area contributed by atoms with Crippen molar-refractivity contribution in [1.82, 2.24) is 10.3 Å². The Kier molecular flexibility index (Phi) is 5.15. The van der Waals surface area contributed by atoms with Gasteiger partial charge in [-0.2, -0.15) is 0 Å². The Morgan fingerprint density at radius 2 is 2.16 bits per heavy atom. The van der Waals surface area contributed by atoms with Crippen LogP contribution in [0.4, 0.5) is 11.5 Å². The summed E-state index contributed by atoms with van der Waals surface area (Å²) in [5.74, 6) is 0.976. The van der Waals surface area contributed by atoms with Crippen molar-refractivity contribution in [3.8, 4) is 0 Å². The number of nitrogens with one attached hydrogen (secondary N) is 2. The van der Waals surface area contributed by atoms with Crippen LogP contribution in [0.15, 0.2) is 18.3 Å². The van der Waals surface area contributed by atoms with Gasteiger partial charge in [-0.25, -0.2) is 4.98 Å². The van der Waals surface area contributed by atoms with Gasteiger partial charge in [0.1, 0.15) is 5.82 Å². The maximum absolute atomic E-state index is 11.6. The molecule has 1 aliphatic rings. The lowest BCUT2D eigenvalue weighted by atomic mass is 10.3. The van der Waals surface area contributed by atoms with Crippen LogP contribution in [0.3, 0.4) is 0 Å². The molecule has 0 atom stereocenters. The lowest BCUT2D eigenvalue weighted by Gasteiger charge is -2.16. The van der Waals surface area contributed by atoms with E-state index in [0.29, 0.717) is 6.54 Å². The molecule has 2 N–H and O–H groups in total. The Hall–Kier alpha value is -1.62. The summed E-state index contributed by atoms with van der Waals surface area (Å²) in [6.45, 7) is 5.45. The minimum Gasteiger partial charge on any atom is -0.357 e. The molecule has 1 aromatic rings. The number of hydrogen-bond acceptors (Lipinski definition) is 4. The number of nitrogens with zero attached hydrogens (tertiary/aromatic N) is 2. The molecule has 2 heterocycles. The summed E-state index contributed by atoms with van der Waals surface area (Å²) in [5.41, 5.74) is 0.756. The van der Waals surface area contributed by atoms with E-state index in [9.17, 15) is 4.79 Å². The maximum Gasteiger partial charge on any atom is 0.238 e. The predicted octanol–water partition coefficient (Wildman–Crippen LogP) is 1.62. The van der Waals surface area contributed by atoms with Gasteiger partial charge in [-0.15, -0.1) is 0 Å². The smallest absolute Gasteiger partial charge is 0.238 e. The predicted molar refractivity (Wildman–Crippen MR) is 77.5 cm³/mol. The first-order valence-corrected chi connectivity index (χ1v) is 7.01. The number of anilines is 2. The molecule has 0 aromatic carbocycles. The van der Waals surface area contributed by atoms with E-state index in [4.69, 9.17) is 0 Å². The number of amides is 1. The van der Waals surface area contributed by atoms with Crippen LogP contribution in [-0.2, 0) is 4.79 Å². The quantitative estimate of drug-likeness (QED) is 0.765. The molecule has 1 aliphatic heterocycles.